The Balaban J connectivity index is 0.00000529. The summed E-state index contributed by atoms with van der Waals surface area (Å²) in [6.07, 6.45) is -2.56. The van der Waals surface area contributed by atoms with Gasteiger partial charge in [-0.15, -0.1) is 12.4 Å². The van der Waals surface area contributed by atoms with E-state index in [0.717, 1.165) is 0 Å². The second-order valence-electron chi connectivity index (χ2n) is 6.11. The Labute approximate surface area is 145 Å². The van der Waals surface area contributed by atoms with Gasteiger partial charge in [0.2, 0.25) is 5.88 Å². The van der Waals surface area contributed by atoms with Gasteiger partial charge in [0, 0.05) is 24.3 Å². The minimum Gasteiger partial charge on any atom is -0.468 e. The van der Waals surface area contributed by atoms with Crippen LogP contribution < -0.4 is 15.8 Å². The fourth-order valence-corrected chi connectivity index (χ4v) is 2.19. The van der Waals surface area contributed by atoms with Crippen LogP contribution in [0.1, 0.15) is 37.6 Å². The maximum atomic E-state index is 12.2. The van der Waals surface area contributed by atoms with E-state index < -0.39 is 18.3 Å². The second-order valence-corrected chi connectivity index (χ2v) is 6.11. The summed E-state index contributed by atoms with van der Waals surface area (Å²) in [5, 5.41) is 2.84. The maximum Gasteiger partial charge on any atom is 0.422 e. The lowest BCUT2D eigenvalue weighted by molar-refractivity contribution is -0.154. The number of aromatic nitrogens is 1. The van der Waals surface area contributed by atoms with Gasteiger partial charge in [-0.3, -0.25) is 4.79 Å². The van der Waals surface area contributed by atoms with Crippen LogP contribution in [0.5, 0.6) is 5.88 Å². The maximum absolute atomic E-state index is 12.2. The van der Waals surface area contributed by atoms with Crippen molar-refractivity contribution in [1.82, 2.24) is 10.3 Å². The lowest BCUT2D eigenvalue weighted by atomic mass is 9.90. The molecule has 0 spiro atoms. The standard InChI is InChI=1S/C15H22F3N3O2.ClH/c1-10(2)6-14(3,8-19)21-13(22)11-4-5-12(20-7-11)23-9-15(16,17)18;/h4-5,7,10H,6,8-9,19H2,1-3H3,(H,21,22);1H. The number of ether oxygens (including phenoxy) is 1. The lowest BCUT2D eigenvalue weighted by Gasteiger charge is -2.31. The minimum absolute atomic E-state index is 0. The predicted molar refractivity (Wildman–Crippen MR) is 87.4 cm³/mol. The molecule has 0 saturated carbocycles. The summed E-state index contributed by atoms with van der Waals surface area (Å²) in [6.45, 7) is 4.74. The summed E-state index contributed by atoms with van der Waals surface area (Å²) in [5.41, 5.74) is 5.40. The van der Waals surface area contributed by atoms with Crippen LogP contribution in [0, 0.1) is 5.92 Å². The van der Waals surface area contributed by atoms with E-state index in [-0.39, 0.29) is 36.3 Å². The highest BCUT2D eigenvalue weighted by Gasteiger charge is 2.29. The average Bonchev–Trinajstić information content (AvgIpc) is 2.44. The number of nitrogens with zero attached hydrogens (tertiary/aromatic N) is 1. The first-order chi connectivity index (χ1) is 10.5. The second kappa shape index (κ2) is 9.08. The van der Waals surface area contributed by atoms with Gasteiger partial charge in [0.25, 0.3) is 5.91 Å². The Morgan fingerprint density at radius 2 is 2.00 bits per heavy atom. The van der Waals surface area contributed by atoms with E-state index in [0.29, 0.717) is 12.3 Å². The number of carbonyl (C=O) groups is 1. The summed E-state index contributed by atoms with van der Waals surface area (Å²) >= 11 is 0. The third-order valence-electron chi connectivity index (χ3n) is 3.11. The van der Waals surface area contributed by atoms with Crippen LogP contribution in [0.3, 0.4) is 0 Å². The topological polar surface area (TPSA) is 77.2 Å². The number of carbonyl (C=O) groups excluding carboxylic acids is 1. The van der Waals surface area contributed by atoms with Crippen molar-refractivity contribution < 1.29 is 22.7 Å². The van der Waals surface area contributed by atoms with E-state index in [9.17, 15) is 18.0 Å². The fourth-order valence-electron chi connectivity index (χ4n) is 2.19. The lowest BCUT2D eigenvalue weighted by Crippen LogP contribution is -2.52. The molecule has 0 aromatic carbocycles. The van der Waals surface area contributed by atoms with E-state index in [1.54, 1.807) is 0 Å². The smallest absolute Gasteiger partial charge is 0.422 e. The number of alkyl halides is 3. The van der Waals surface area contributed by atoms with Gasteiger partial charge in [0.1, 0.15) is 0 Å². The summed E-state index contributed by atoms with van der Waals surface area (Å²) in [4.78, 5) is 15.9. The molecule has 1 rings (SSSR count). The minimum atomic E-state index is -4.43. The molecule has 1 unspecified atom stereocenters. The van der Waals surface area contributed by atoms with Crippen molar-refractivity contribution in [3.8, 4) is 5.88 Å². The largest absolute Gasteiger partial charge is 0.468 e. The van der Waals surface area contributed by atoms with Crippen molar-refractivity contribution >= 4 is 18.3 Å². The molecule has 1 aromatic rings. The first-order valence-corrected chi connectivity index (χ1v) is 7.23. The molecule has 5 nitrogen and oxygen atoms in total. The monoisotopic (exact) mass is 369 g/mol. The molecule has 3 N–H and O–H groups in total. The van der Waals surface area contributed by atoms with E-state index in [1.165, 1.54) is 18.3 Å². The molecule has 24 heavy (non-hydrogen) atoms. The Morgan fingerprint density at radius 1 is 1.38 bits per heavy atom. The number of hydrogen-bond donors (Lipinski definition) is 2. The van der Waals surface area contributed by atoms with Crippen molar-refractivity contribution in [3.05, 3.63) is 23.9 Å². The molecular formula is C15H23ClF3N3O2. The molecule has 0 radical (unpaired) electrons. The number of rotatable bonds is 7. The third kappa shape index (κ3) is 7.83. The number of nitrogens with one attached hydrogen (secondary N) is 1. The normalized spacial score (nSPS) is 13.8. The molecule has 0 bridgehead atoms. The molecule has 9 heteroatoms. The predicted octanol–water partition coefficient (Wildman–Crippen LogP) is 2.94. The summed E-state index contributed by atoms with van der Waals surface area (Å²) in [7, 11) is 0. The van der Waals surface area contributed by atoms with Crippen LogP contribution in [-0.4, -0.2) is 35.8 Å². The molecule has 0 saturated heterocycles. The third-order valence-corrected chi connectivity index (χ3v) is 3.11. The van der Waals surface area contributed by atoms with Crippen molar-refractivity contribution in [2.45, 2.75) is 38.9 Å². The fraction of sp³-hybridized carbons (Fsp3) is 0.600. The van der Waals surface area contributed by atoms with Crippen molar-refractivity contribution in [2.24, 2.45) is 11.7 Å². The first-order valence-electron chi connectivity index (χ1n) is 7.23. The van der Waals surface area contributed by atoms with Gasteiger partial charge in [-0.2, -0.15) is 13.2 Å². The highest BCUT2D eigenvalue weighted by molar-refractivity contribution is 5.94. The summed E-state index contributed by atoms with van der Waals surface area (Å²) in [5.74, 6) is -0.226. The van der Waals surface area contributed by atoms with Crippen LogP contribution in [0.2, 0.25) is 0 Å². The number of amides is 1. The Bertz CT molecular complexity index is 524. The van der Waals surface area contributed by atoms with Gasteiger partial charge in [-0.1, -0.05) is 13.8 Å². The Morgan fingerprint density at radius 3 is 2.42 bits per heavy atom. The van der Waals surface area contributed by atoms with Gasteiger partial charge in [-0.05, 0) is 25.3 Å². The quantitative estimate of drug-likeness (QED) is 0.774. The molecule has 138 valence electrons. The van der Waals surface area contributed by atoms with Crippen LogP contribution in [0.25, 0.3) is 0 Å². The molecule has 1 aromatic heterocycles. The molecule has 0 aliphatic rings. The van der Waals surface area contributed by atoms with Crippen molar-refractivity contribution in [2.75, 3.05) is 13.2 Å². The number of halogens is 4. The zero-order chi connectivity index (χ0) is 17.7. The highest BCUT2D eigenvalue weighted by atomic mass is 35.5. The van der Waals surface area contributed by atoms with E-state index >= 15 is 0 Å². The van der Waals surface area contributed by atoms with E-state index in [2.05, 4.69) is 15.0 Å². The van der Waals surface area contributed by atoms with Gasteiger partial charge in [0.05, 0.1) is 5.56 Å². The van der Waals surface area contributed by atoms with Crippen molar-refractivity contribution in [3.63, 3.8) is 0 Å². The van der Waals surface area contributed by atoms with Gasteiger partial charge in [-0.25, -0.2) is 4.98 Å². The van der Waals surface area contributed by atoms with Gasteiger partial charge >= 0.3 is 6.18 Å². The first kappa shape index (κ1) is 22.5. The number of nitrogens with two attached hydrogens (primary N) is 1. The van der Waals surface area contributed by atoms with E-state index in [1.807, 2.05) is 20.8 Å². The molecule has 1 heterocycles. The molecule has 1 amide bonds. The van der Waals surface area contributed by atoms with Crippen LogP contribution >= 0.6 is 12.4 Å². The molecule has 0 aliphatic carbocycles. The Hall–Kier alpha value is -1.54. The molecular weight excluding hydrogens is 347 g/mol. The summed E-state index contributed by atoms with van der Waals surface area (Å²) in [6, 6.07) is 2.59. The molecule has 1 atom stereocenters. The zero-order valence-corrected chi connectivity index (χ0v) is 14.6. The Kier molecular flexibility index (Phi) is 8.49. The van der Waals surface area contributed by atoms with Crippen molar-refractivity contribution in [1.29, 1.82) is 0 Å². The van der Waals surface area contributed by atoms with Crippen LogP contribution in [0.15, 0.2) is 18.3 Å². The average molecular weight is 370 g/mol. The number of hydrogen-bond acceptors (Lipinski definition) is 4. The van der Waals surface area contributed by atoms with Crippen LogP contribution in [-0.2, 0) is 0 Å². The molecule has 0 aliphatic heterocycles. The number of pyridine rings is 1. The van der Waals surface area contributed by atoms with E-state index in [4.69, 9.17) is 5.73 Å². The van der Waals surface area contributed by atoms with Gasteiger partial charge in [0.15, 0.2) is 6.61 Å². The highest BCUT2D eigenvalue weighted by Crippen LogP contribution is 2.18. The molecule has 0 fully saturated rings. The van der Waals surface area contributed by atoms with Gasteiger partial charge < -0.3 is 15.8 Å². The van der Waals surface area contributed by atoms with Crippen LogP contribution in [0.4, 0.5) is 13.2 Å². The zero-order valence-electron chi connectivity index (χ0n) is 13.8. The SMILES string of the molecule is CC(C)CC(C)(CN)NC(=O)c1ccc(OCC(F)(F)F)nc1.Cl. The summed E-state index contributed by atoms with van der Waals surface area (Å²) < 4.78 is 40.6.